The van der Waals surface area contributed by atoms with Gasteiger partial charge in [-0.25, -0.2) is 14.6 Å². The Balaban J connectivity index is 1.76. The summed E-state index contributed by atoms with van der Waals surface area (Å²) in [5.41, 5.74) is 3.23. The lowest BCUT2D eigenvalue weighted by Crippen LogP contribution is -2.21. The number of fused-ring (bicyclic) bond motifs is 1. The molecule has 0 saturated carbocycles. The van der Waals surface area contributed by atoms with Gasteiger partial charge in [-0.2, -0.15) is 5.10 Å². The van der Waals surface area contributed by atoms with Crippen LogP contribution in [0.25, 0.3) is 33.4 Å². The Morgan fingerprint density at radius 1 is 1.23 bits per heavy atom. The van der Waals surface area contributed by atoms with Gasteiger partial charge in [-0.05, 0) is 0 Å². The van der Waals surface area contributed by atoms with Crippen molar-refractivity contribution >= 4 is 16.6 Å². The van der Waals surface area contributed by atoms with Crippen LogP contribution in [-0.4, -0.2) is 44.9 Å². The van der Waals surface area contributed by atoms with E-state index in [2.05, 4.69) is 15.3 Å². The molecule has 1 fully saturated rings. The van der Waals surface area contributed by atoms with Crippen molar-refractivity contribution < 1.29 is 14.4 Å². The summed E-state index contributed by atoms with van der Waals surface area (Å²) in [6.07, 6.45) is 2.88. The zero-order valence-corrected chi connectivity index (χ0v) is 16.6. The second-order valence-electron chi connectivity index (χ2n) is 6.94. The molecular weight excluding hydrogens is 400 g/mol. The van der Waals surface area contributed by atoms with Gasteiger partial charge >= 0.3 is 5.69 Å². The van der Waals surface area contributed by atoms with E-state index in [-0.39, 0.29) is 11.4 Å². The zero-order chi connectivity index (χ0) is 21.4. The molecule has 1 unspecified atom stereocenters. The Morgan fingerprint density at radius 3 is 2.77 bits per heavy atom. The van der Waals surface area contributed by atoms with Crippen molar-refractivity contribution in [2.45, 2.75) is 6.35 Å². The van der Waals surface area contributed by atoms with Crippen molar-refractivity contribution in [3.8, 4) is 28.3 Å². The van der Waals surface area contributed by atoms with Gasteiger partial charge in [-0.15, -0.1) is 0 Å². The molecule has 2 aromatic carbocycles. The first-order chi connectivity index (χ1) is 15.2. The van der Waals surface area contributed by atoms with Crippen LogP contribution in [0.15, 0.2) is 55.0 Å². The van der Waals surface area contributed by atoms with Crippen molar-refractivity contribution in [1.29, 1.82) is 0 Å². The predicted molar refractivity (Wildman–Crippen MR) is 112 cm³/mol. The Bertz CT molecular complexity index is 1270. The summed E-state index contributed by atoms with van der Waals surface area (Å²) in [7, 11) is 1.39. The van der Waals surface area contributed by atoms with E-state index in [1.807, 2.05) is 36.5 Å². The Hall–Kier alpha value is -3.89. The highest BCUT2D eigenvalue weighted by atomic mass is 16.6. The lowest BCUT2D eigenvalue weighted by atomic mass is 10.0. The van der Waals surface area contributed by atoms with Gasteiger partial charge in [0.25, 0.3) is 0 Å². The Kier molecular flexibility index (Phi) is 4.77. The monoisotopic (exact) mass is 418 g/mol. The van der Waals surface area contributed by atoms with Gasteiger partial charge in [0.1, 0.15) is 12.0 Å². The molecule has 156 valence electrons. The first-order valence-corrected chi connectivity index (χ1v) is 9.63. The molecule has 0 amide bonds. The van der Waals surface area contributed by atoms with Gasteiger partial charge in [0.05, 0.1) is 29.9 Å². The van der Waals surface area contributed by atoms with Gasteiger partial charge in [0, 0.05) is 41.4 Å². The fourth-order valence-electron chi connectivity index (χ4n) is 3.67. The summed E-state index contributed by atoms with van der Waals surface area (Å²) in [6, 6.07) is 12.7. The van der Waals surface area contributed by atoms with Gasteiger partial charge in [0.15, 0.2) is 5.75 Å². The van der Waals surface area contributed by atoms with Gasteiger partial charge in [0.2, 0.25) is 6.35 Å². The number of methoxy groups -OCH3 is 1. The number of benzene rings is 2. The molecule has 0 radical (unpaired) electrons. The summed E-state index contributed by atoms with van der Waals surface area (Å²) in [5, 5.41) is 20.1. The minimum atomic E-state index is -0.479. The molecule has 1 atom stereocenters. The standard InChI is InChI=1S/C21H18N6O4/c1-30-18-10-16-14(9-17(18)27(28)29)20(24-12-23-16)15-11-26(21-22-7-8-31-21)25-19(15)13-5-3-2-4-6-13/h2-6,9-12,21-22H,7-8H2,1H3. The van der Waals surface area contributed by atoms with Crippen LogP contribution >= 0.6 is 0 Å². The summed E-state index contributed by atoms with van der Waals surface area (Å²) < 4.78 is 12.6. The van der Waals surface area contributed by atoms with E-state index in [1.54, 1.807) is 10.7 Å². The van der Waals surface area contributed by atoms with Gasteiger partial charge in [-0.1, -0.05) is 30.3 Å². The molecule has 3 heterocycles. The predicted octanol–water partition coefficient (Wildman–Crippen LogP) is 3.15. The zero-order valence-electron chi connectivity index (χ0n) is 16.6. The largest absolute Gasteiger partial charge is 0.490 e. The number of ether oxygens (including phenoxy) is 2. The molecular formula is C21H18N6O4. The first-order valence-electron chi connectivity index (χ1n) is 9.63. The molecule has 0 bridgehead atoms. The van der Waals surface area contributed by atoms with Crippen LogP contribution in [0.3, 0.4) is 0 Å². The molecule has 31 heavy (non-hydrogen) atoms. The molecule has 0 spiro atoms. The van der Waals surface area contributed by atoms with E-state index >= 15 is 0 Å². The smallest absolute Gasteiger partial charge is 0.311 e. The van der Waals surface area contributed by atoms with Crippen LogP contribution in [0.5, 0.6) is 5.75 Å². The molecule has 1 N–H and O–H groups in total. The van der Waals surface area contributed by atoms with Crippen LogP contribution < -0.4 is 10.1 Å². The average molecular weight is 418 g/mol. The van der Waals surface area contributed by atoms with Crippen LogP contribution in [0.1, 0.15) is 6.35 Å². The molecule has 10 nitrogen and oxygen atoms in total. The lowest BCUT2D eigenvalue weighted by Gasteiger charge is -2.09. The van der Waals surface area contributed by atoms with Crippen molar-refractivity contribution in [2.75, 3.05) is 20.3 Å². The van der Waals surface area contributed by atoms with Crippen LogP contribution in [0, 0.1) is 10.1 Å². The molecule has 1 saturated heterocycles. The molecule has 1 aliphatic rings. The topological polar surface area (TPSA) is 117 Å². The summed E-state index contributed by atoms with van der Waals surface area (Å²) in [4.78, 5) is 19.9. The highest BCUT2D eigenvalue weighted by Crippen LogP contribution is 2.38. The normalized spacial score (nSPS) is 16.0. The summed E-state index contributed by atoms with van der Waals surface area (Å²) >= 11 is 0. The number of nitro groups is 1. The van der Waals surface area contributed by atoms with E-state index in [9.17, 15) is 10.1 Å². The van der Waals surface area contributed by atoms with Crippen molar-refractivity contribution in [1.82, 2.24) is 25.1 Å². The molecule has 4 aromatic rings. The summed E-state index contributed by atoms with van der Waals surface area (Å²) in [6.45, 7) is 1.31. The number of nitrogens with zero attached hydrogens (tertiary/aromatic N) is 5. The number of hydrogen-bond acceptors (Lipinski definition) is 8. The highest BCUT2D eigenvalue weighted by molar-refractivity contribution is 5.97. The third-order valence-corrected chi connectivity index (χ3v) is 5.10. The lowest BCUT2D eigenvalue weighted by molar-refractivity contribution is -0.385. The minimum absolute atomic E-state index is 0.143. The maximum atomic E-state index is 11.6. The fourth-order valence-corrected chi connectivity index (χ4v) is 3.67. The Morgan fingerprint density at radius 2 is 2.06 bits per heavy atom. The van der Waals surface area contributed by atoms with E-state index < -0.39 is 11.3 Å². The van der Waals surface area contributed by atoms with Crippen LogP contribution in [0.2, 0.25) is 0 Å². The van der Waals surface area contributed by atoms with Crippen molar-refractivity contribution in [2.24, 2.45) is 0 Å². The van der Waals surface area contributed by atoms with Gasteiger partial charge in [-0.3, -0.25) is 15.4 Å². The average Bonchev–Trinajstić information content (AvgIpc) is 3.48. The SMILES string of the molecule is COc1cc2ncnc(-c3cn(C4NCCO4)nc3-c3ccccc3)c2cc1[N+](=O)[O-]. The van der Waals surface area contributed by atoms with E-state index in [0.717, 1.165) is 17.7 Å². The summed E-state index contributed by atoms with van der Waals surface area (Å²) in [5.74, 6) is 0.143. The van der Waals surface area contributed by atoms with Crippen molar-refractivity contribution in [3.63, 3.8) is 0 Å². The third-order valence-electron chi connectivity index (χ3n) is 5.10. The molecule has 10 heteroatoms. The minimum Gasteiger partial charge on any atom is -0.490 e. The van der Waals surface area contributed by atoms with Crippen molar-refractivity contribution in [3.05, 3.63) is 65.1 Å². The first kappa shape index (κ1) is 19.1. The van der Waals surface area contributed by atoms with E-state index in [0.29, 0.717) is 28.9 Å². The number of nitro benzene ring substituents is 1. The maximum absolute atomic E-state index is 11.6. The number of nitrogens with one attached hydrogen (secondary N) is 1. The number of aromatic nitrogens is 4. The number of rotatable bonds is 5. The third kappa shape index (κ3) is 3.37. The quantitative estimate of drug-likeness (QED) is 0.388. The van der Waals surface area contributed by atoms with Gasteiger partial charge < -0.3 is 9.47 Å². The van der Waals surface area contributed by atoms with E-state index in [1.165, 1.54) is 19.5 Å². The van der Waals surface area contributed by atoms with E-state index in [4.69, 9.17) is 14.6 Å². The van der Waals surface area contributed by atoms with Crippen LogP contribution in [-0.2, 0) is 4.74 Å². The Labute approximate surface area is 176 Å². The highest BCUT2D eigenvalue weighted by Gasteiger charge is 2.24. The maximum Gasteiger partial charge on any atom is 0.311 e. The molecule has 0 aliphatic carbocycles. The molecule has 2 aromatic heterocycles. The second-order valence-corrected chi connectivity index (χ2v) is 6.94. The van der Waals surface area contributed by atoms with Crippen LogP contribution in [0.4, 0.5) is 5.69 Å². The fraction of sp³-hybridized carbons (Fsp3) is 0.190. The number of hydrogen-bond donors (Lipinski definition) is 1. The second kappa shape index (κ2) is 7.74. The molecule has 1 aliphatic heterocycles. The molecule has 5 rings (SSSR count).